The average Bonchev–Trinajstić information content (AvgIpc) is 3.20. The Labute approximate surface area is 202 Å². The van der Waals surface area contributed by atoms with Gasteiger partial charge in [-0.3, -0.25) is 9.59 Å². The molecule has 0 spiro atoms. The van der Waals surface area contributed by atoms with E-state index in [1.54, 1.807) is 0 Å². The Morgan fingerprint density at radius 1 is 0.694 bits per heavy atom. The number of rotatable bonds is 13. The molecule has 0 aliphatic carbocycles. The first-order valence-corrected chi connectivity index (χ1v) is 10.4. The van der Waals surface area contributed by atoms with E-state index in [0.717, 1.165) is 9.80 Å². The van der Waals surface area contributed by atoms with Crippen LogP contribution in [0, 0.1) is 6.07 Å². The molecular weight excluding hydrogens is 486 g/mol. The first kappa shape index (κ1) is 28.2. The lowest BCUT2D eigenvalue weighted by atomic mass is 10.0. The molecule has 36 heavy (non-hydrogen) atoms. The van der Waals surface area contributed by atoms with Gasteiger partial charge < -0.3 is 49.9 Å². The van der Waals surface area contributed by atoms with Gasteiger partial charge >= 0.3 is 17.9 Å². The van der Waals surface area contributed by atoms with Crippen molar-refractivity contribution in [2.75, 3.05) is 52.6 Å². The zero-order chi connectivity index (χ0) is 27.2. The lowest BCUT2D eigenvalue weighted by Gasteiger charge is -2.23. The number of aliphatic hydroxyl groups excluding tert-OH is 4. The number of nitrogens with zero attached hydrogens (tertiary/aromatic N) is 3. The van der Waals surface area contributed by atoms with Crippen molar-refractivity contribution in [2.45, 2.75) is 0 Å². The average molecular weight is 510 g/mol. The Hall–Kier alpha value is -4.05. The van der Waals surface area contributed by atoms with Crippen LogP contribution in [0.2, 0.25) is 0 Å². The summed E-state index contributed by atoms with van der Waals surface area (Å²) in [5.41, 5.74) is -5.01. The molecular formula is C21H24N3O12. The molecule has 0 aliphatic heterocycles. The summed E-state index contributed by atoms with van der Waals surface area (Å²) >= 11 is 0. The Balaban J connectivity index is 3.06. The van der Waals surface area contributed by atoms with Crippen molar-refractivity contribution in [1.29, 1.82) is 0 Å². The summed E-state index contributed by atoms with van der Waals surface area (Å²) in [4.78, 5) is 64.2. The molecule has 0 fully saturated rings. The SMILES string of the molecule is O=C(O)c1cn2c(C(=O)N(CCO)CCO)c(C(=O)N(CCO)CCO)[c]c2c(C(=O)O)c1C(=O)O. The maximum absolute atomic E-state index is 13.4. The first-order chi connectivity index (χ1) is 17.0. The van der Waals surface area contributed by atoms with E-state index in [9.17, 15) is 59.7 Å². The number of hydrogen-bond acceptors (Lipinski definition) is 9. The number of aromatic nitrogens is 1. The second kappa shape index (κ2) is 12.1. The van der Waals surface area contributed by atoms with Gasteiger partial charge in [0.25, 0.3) is 11.8 Å². The second-order valence-electron chi connectivity index (χ2n) is 7.25. The molecule has 1 radical (unpaired) electrons. The smallest absolute Gasteiger partial charge is 0.338 e. The third-order valence-corrected chi connectivity index (χ3v) is 5.11. The molecule has 2 amide bonds. The molecule has 195 valence electrons. The van der Waals surface area contributed by atoms with Crippen LogP contribution in [0.5, 0.6) is 0 Å². The number of carbonyl (C=O) groups excluding carboxylic acids is 2. The van der Waals surface area contributed by atoms with Crippen LogP contribution in [0.15, 0.2) is 6.20 Å². The van der Waals surface area contributed by atoms with Gasteiger partial charge in [-0.05, 0) is 0 Å². The standard InChI is InChI=1S/C21H24N3O12/c25-5-1-22(2-6-26)17(29)11-9-13-15(21(35)36)14(20(33)34)12(19(31)32)10-24(13)16(11)18(30)23(3-7-27)4-8-28/h10,25-28H,1-8H2,(H,31,32)(H,33,34)(H,35,36). The third kappa shape index (κ3) is 5.44. The van der Waals surface area contributed by atoms with E-state index in [-0.39, 0.29) is 26.2 Å². The van der Waals surface area contributed by atoms with Gasteiger partial charge in [0.2, 0.25) is 0 Å². The van der Waals surface area contributed by atoms with Crippen molar-refractivity contribution >= 4 is 35.2 Å². The molecule has 15 nitrogen and oxygen atoms in total. The summed E-state index contributed by atoms with van der Waals surface area (Å²) in [6, 6.07) is 2.39. The van der Waals surface area contributed by atoms with Crippen molar-refractivity contribution < 1.29 is 59.7 Å². The van der Waals surface area contributed by atoms with E-state index in [4.69, 9.17) is 0 Å². The van der Waals surface area contributed by atoms with Crippen molar-refractivity contribution in [2.24, 2.45) is 0 Å². The van der Waals surface area contributed by atoms with Crippen molar-refractivity contribution in [1.82, 2.24) is 14.2 Å². The van der Waals surface area contributed by atoms with Crippen LogP contribution in [-0.4, -0.2) is 132 Å². The number of aromatic carboxylic acids is 3. The van der Waals surface area contributed by atoms with Crippen LogP contribution in [-0.2, 0) is 0 Å². The monoisotopic (exact) mass is 510 g/mol. The van der Waals surface area contributed by atoms with Crippen LogP contribution in [0.1, 0.15) is 51.9 Å². The first-order valence-electron chi connectivity index (χ1n) is 10.4. The van der Waals surface area contributed by atoms with Gasteiger partial charge in [0.05, 0.1) is 54.2 Å². The summed E-state index contributed by atoms with van der Waals surface area (Å²) in [5, 5.41) is 66.1. The van der Waals surface area contributed by atoms with Crippen LogP contribution >= 0.6 is 0 Å². The Kier molecular flexibility index (Phi) is 9.45. The summed E-state index contributed by atoms with van der Waals surface area (Å²) in [6.07, 6.45) is 0.659. The van der Waals surface area contributed by atoms with Gasteiger partial charge in [0.1, 0.15) is 5.69 Å². The van der Waals surface area contributed by atoms with E-state index in [0.29, 0.717) is 10.6 Å². The summed E-state index contributed by atoms with van der Waals surface area (Å²) < 4.78 is 0.701. The fourth-order valence-corrected chi connectivity index (χ4v) is 3.61. The van der Waals surface area contributed by atoms with Gasteiger partial charge in [-0.25, -0.2) is 14.4 Å². The van der Waals surface area contributed by atoms with Gasteiger partial charge in [-0.2, -0.15) is 0 Å². The van der Waals surface area contributed by atoms with Crippen LogP contribution in [0.25, 0.3) is 5.52 Å². The van der Waals surface area contributed by atoms with Gasteiger partial charge in [-0.15, -0.1) is 0 Å². The van der Waals surface area contributed by atoms with Crippen LogP contribution in [0.3, 0.4) is 0 Å². The number of hydrogen-bond donors (Lipinski definition) is 7. The summed E-state index contributed by atoms with van der Waals surface area (Å²) in [6.45, 7) is -3.50. The van der Waals surface area contributed by atoms with Crippen molar-refractivity contribution in [3.63, 3.8) is 0 Å². The van der Waals surface area contributed by atoms with E-state index >= 15 is 0 Å². The van der Waals surface area contributed by atoms with Crippen LogP contribution in [0.4, 0.5) is 0 Å². The molecule has 0 aliphatic rings. The molecule has 0 unspecified atom stereocenters. The zero-order valence-corrected chi connectivity index (χ0v) is 18.7. The predicted octanol–water partition coefficient (Wildman–Crippen LogP) is -2.31. The van der Waals surface area contributed by atoms with E-state index in [2.05, 4.69) is 6.07 Å². The van der Waals surface area contributed by atoms with E-state index in [1.165, 1.54) is 0 Å². The van der Waals surface area contributed by atoms with E-state index < -0.39 is 89.6 Å². The Morgan fingerprint density at radius 3 is 1.53 bits per heavy atom. The number of aliphatic hydroxyl groups is 4. The highest BCUT2D eigenvalue weighted by Gasteiger charge is 2.34. The summed E-state index contributed by atoms with van der Waals surface area (Å²) in [7, 11) is 0. The second-order valence-corrected chi connectivity index (χ2v) is 7.25. The highest BCUT2D eigenvalue weighted by atomic mass is 16.4. The molecule has 7 N–H and O–H groups in total. The molecule has 0 atom stereocenters. The van der Waals surface area contributed by atoms with Crippen LogP contribution < -0.4 is 0 Å². The molecule has 2 aromatic rings. The number of carbonyl (C=O) groups is 5. The van der Waals surface area contributed by atoms with E-state index in [1.807, 2.05) is 0 Å². The Morgan fingerprint density at radius 2 is 1.14 bits per heavy atom. The minimum Gasteiger partial charge on any atom is -0.478 e. The zero-order valence-electron chi connectivity index (χ0n) is 18.7. The number of carboxylic acid groups (broad SMARTS) is 3. The number of amides is 2. The fourth-order valence-electron chi connectivity index (χ4n) is 3.61. The van der Waals surface area contributed by atoms with Gasteiger partial charge in [0, 0.05) is 38.4 Å². The lowest BCUT2D eigenvalue weighted by molar-refractivity contribution is 0.0631. The maximum Gasteiger partial charge on any atom is 0.338 e. The molecule has 2 rings (SSSR count). The summed E-state index contributed by atoms with van der Waals surface area (Å²) in [5.74, 6) is -7.66. The highest BCUT2D eigenvalue weighted by Crippen LogP contribution is 2.28. The molecule has 0 bridgehead atoms. The molecule has 15 heteroatoms. The molecule has 2 aromatic heterocycles. The molecule has 0 saturated heterocycles. The fraction of sp³-hybridized carbons (Fsp3) is 0.381. The van der Waals surface area contributed by atoms with Crippen molar-refractivity contribution in [3.05, 3.63) is 40.2 Å². The molecule has 0 aromatic carbocycles. The topological polar surface area (TPSA) is 238 Å². The highest BCUT2D eigenvalue weighted by molar-refractivity contribution is 6.15. The van der Waals surface area contributed by atoms with Gasteiger partial charge in [-0.1, -0.05) is 0 Å². The van der Waals surface area contributed by atoms with Gasteiger partial charge in [0.15, 0.2) is 0 Å². The lowest BCUT2D eigenvalue weighted by Crippen LogP contribution is -2.40. The number of pyridine rings is 1. The normalized spacial score (nSPS) is 10.9. The minimum atomic E-state index is -1.90. The minimum absolute atomic E-state index is 0.309. The maximum atomic E-state index is 13.4. The largest absolute Gasteiger partial charge is 0.478 e. The Bertz CT molecular complexity index is 1180. The number of fused-ring (bicyclic) bond motifs is 1. The quantitative estimate of drug-likeness (QED) is 0.150. The third-order valence-electron chi connectivity index (χ3n) is 5.11. The van der Waals surface area contributed by atoms with Crippen molar-refractivity contribution in [3.8, 4) is 0 Å². The molecule has 2 heterocycles. The molecule has 0 saturated carbocycles. The number of carboxylic acids is 3. The predicted molar refractivity (Wildman–Crippen MR) is 117 cm³/mol.